The molecule has 1 aliphatic rings. The number of anilines is 1. The third-order valence-electron chi connectivity index (χ3n) is 3.04. The second-order valence-corrected chi connectivity index (χ2v) is 4.64. The number of hydrogen-bond donors (Lipinski definition) is 2. The summed E-state index contributed by atoms with van der Waals surface area (Å²) in [4.78, 5) is 24.7. The van der Waals surface area contributed by atoms with Crippen LogP contribution in [-0.2, 0) is 9.53 Å². The van der Waals surface area contributed by atoms with E-state index in [9.17, 15) is 9.59 Å². The van der Waals surface area contributed by atoms with Gasteiger partial charge in [-0.05, 0) is 19.8 Å². The fourth-order valence-electron chi connectivity index (χ4n) is 1.86. The monoisotopic (exact) mass is 266 g/mol. The van der Waals surface area contributed by atoms with Crippen LogP contribution in [0.4, 0.5) is 5.69 Å². The second-order valence-electron chi connectivity index (χ2n) is 4.64. The quantitative estimate of drug-likeness (QED) is 0.756. The van der Waals surface area contributed by atoms with Crippen molar-refractivity contribution in [3.63, 3.8) is 0 Å². The predicted molar refractivity (Wildman–Crippen MR) is 68.6 cm³/mol. The molecule has 1 fully saturated rings. The van der Waals surface area contributed by atoms with Gasteiger partial charge in [0.05, 0.1) is 18.0 Å². The highest BCUT2D eigenvalue weighted by molar-refractivity contribution is 5.98. The fourth-order valence-corrected chi connectivity index (χ4v) is 1.86. The van der Waals surface area contributed by atoms with E-state index in [0.717, 1.165) is 18.5 Å². The Kier molecular flexibility index (Phi) is 3.73. The first-order chi connectivity index (χ1) is 9.04. The normalized spacial score (nSPS) is 14.2. The molecule has 19 heavy (non-hydrogen) atoms. The Morgan fingerprint density at radius 1 is 1.53 bits per heavy atom. The van der Waals surface area contributed by atoms with Gasteiger partial charge in [-0.2, -0.15) is 5.10 Å². The minimum Gasteiger partial charge on any atom is -0.465 e. The molecule has 0 atom stereocenters. The number of ether oxygens (including phenoxy) is 1. The number of carbonyl (C=O) groups excluding carboxylic acids is 2. The lowest BCUT2D eigenvalue weighted by atomic mass is 10.2. The molecule has 0 radical (unpaired) electrons. The van der Waals surface area contributed by atoms with Crippen LogP contribution in [0.1, 0.15) is 41.9 Å². The predicted octanol–water partition coefficient (Wildman–Crippen LogP) is 0.504. The topological polar surface area (TPSA) is 101 Å². The molecule has 0 bridgehead atoms. The summed E-state index contributed by atoms with van der Waals surface area (Å²) in [5.41, 5.74) is 7.31. The zero-order valence-electron chi connectivity index (χ0n) is 11.1. The third-order valence-corrected chi connectivity index (χ3v) is 3.04. The van der Waals surface area contributed by atoms with Gasteiger partial charge in [0.2, 0.25) is 0 Å². The number of nitrogens with two attached hydrogens (primary N) is 1. The zero-order chi connectivity index (χ0) is 14.0. The molecular formula is C12H18N4O3. The summed E-state index contributed by atoms with van der Waals surface area (Å²) in [6.45, 7) is 1.89. The molecule has 0 saturated heterocycles. The Morgan fingerprint density at radius 2 is 2.21 bits per heavy atom. The van der Waals surface area contributed by atoms with Crippen molar-refractivity contribution in [2.24, 2.45) is 0 Å². The molecule has 0 aromatic carbocycles. The molecule has 1 aliphatic carbocycles. The van der Waals surface area contributed by atoms with Crippen molar-refractivity contribution in [3.05, 3.63) is 11.4 Å². The summed E-state index contributed by atoms with van der Waals surface area (Å²) in [6, 6.07) is 0. The van der Waals surface area contributed by atoms with Crippen LogP contribution in [0.2, 0.25) is 0 Å². The third kappa shape index (κ3) is 2.86. The Hall–Kier alpha value is -2.05. The van der Waals surface area contributed by atoms with Crippen LogP contribution >= 0.6 is 0 Å². The lowest BCUT2D eigenvalue weighted by Crippen LogP contribution is -2.33. The molecule has 0 unspecified atom stereocenters. The van der Waals surface area contributed by atoms with Crippen molar-refractivity contribution in [1.29, 1.82) is 0 Å². The van der Waals surface area contributed by atoms with Crippen LogP contribution in [0.15, 0.2) is 0 Å². The lowest BCUT2D eigenvalue weighted by Gasteiger charge is -2.14. The maximum absolute atomic E-state index is 12.1. The minimum atomic E-state index is -0.449. The number of esters is 1. The van der Waals surface area contributed by atoms with Crippen LogP contribution in [0.3, 0.4) is 0 Å². The number of nitrogen functional groups attached to an aromatic ring is 1. The minimum absolute atomic E-state index is 0.113. The number of aromatic amines is 1. The lowest BCUT2D eigenvalue weighted by molar-refractivity contribution is -0.143. The van der Waals surface area contributed by atoms with E-state index in [1.165, 1.54) is 11.9 Å². The Balaban J connectivity index is 2.04. The summed E-state index contributed by atoms with van der Waals surface area (Å²) < 4.78 is 4.79. The largest absolute Gasteiger partial charge is 0.465 e. The molecule has 3 N–H and O–H groups in total. The van der Waals surface area contributed by atoms with Crippen molar-refractivity contribution in [1.82, 2.24) is 15.1 Å². The summed E-state index contributed by atoms with van der Waals surface area (Å²) in [5, 5.41) is 6.77. The van der Waals surface area contributed by atoms with Gasteiger partial charge in [-0.25, -0.2) is 0 Å². The van der Waals surface area contributed by atoms with Gasteiger partial charge in [0.15, 0.2) is 5.69 Å². The highest BCUT2D eigenvalue weighted by Crippen LogP contribution is 2.42. The van der Waals surface area contributed by atoms with E-state index >= 15 is 0 Å². The molecule has 1 saturated carbocycles. The Labute approximate surface area is 111 Å². The summed E-state index contributed by atoms with van der Waals surface area (Å²) in [5.74, 6) is -0.437. The average Bonchev–Trinajstić information content (AvgIpc) is 3.12. The number of aromatic nitrogens is 2. The first-order valence-electron chi connectivity index (χ1n) is 6.29. The molecule has 1 amide bonds. The van der Waals surface area contributed by atoms with Gasteiger partial charge in [-0.15, -0.1) is 0 Å². The van der Waals surface area contributed by atoms with Gasteiger partial charge in [0, 0.05) is 13.0 Å². The van der Waals surface area contributed by atoms with Gasteiger partial charge in [0.25, 0.3) is 5.91 Å². The van der Waals surface area contributed by atoms with E-state index in [-0.39, 0.29) is 24.8 Å². The molecule has 104 valence electrons. The second kappa shape index (κ2) is 5.29. The summed E-state index contributed by atoms with van der Waals surface area (Å²) in [7, 11) is 1.52. The first-order valence-corrected chi connectivity index (χ1v) is 6.29. The molecule has 0 spiro atoms. The van der Waals surface area contributed by atoms with Crippen LogP contribution in [-0.4, -0.2) is 47.2 Å². The Bertz CT molecular complexity index is 493. The fraction of sp³-hybridized carbons (Fsp3) is 0.583. The van der Waals surface area contributed by atoms with Crippen molar-refractivity contribution < 1.29 is 14.3 Å². The molecule has 0 aliphatic heterocycles. The number of likely N-dealkylation sites (N-methyl/N-ethyl adjacent to an activating group) is 1. The number of H-pyrrole nitrogens is 1. The van der Waals surface area contributed by atoms with E-state index in [1.807, 2.05) is 0 Å². The summed E-state index contributed by atoms with van der Waals surface area (Å²) >= 11 is 0. The molecular weight excluding hydrogens is 248 g/mol. The molecule has 7 heteroatoms. The van der Waals surface area contributed by atoms with E-state index < -0.39 is 5.97 Å². The van der Waals surface area contributed by atoms with Crippen molar-refractivity contribution >= 4 is 17.6 Å². The van der Waals surface area contributed by atoms with Crippen LogP contribution < -0.4 is 5.73 Å². The van der Waals surface area contributed by atoms with Gasteiger partial charge < -0.3 is 15.4 Å². The maximum Gasteiger partial charge on any atom is 0.325 e. The van der Waals surface area contributed by atoms with E-state index in [2.05, 4.69) is 10.2 Å². The molecule has 2 rings (SSSR count). The van der Waals surface area contributed by atoms with E-state index in [0.29, 0.717) is 11.6 Å². The molecule has 1 aromatic rings. The molecule has 1 heterocycles. The van der Waals surface area contributed by atoms with Crippen molar-refractivity contribution in [3.8, 4) is 0 Å². The number of nitrogens with zero attached hydrogens (tertiary/aromatic N) is 2. The highest BCUT2D eigenvalue weighted by atomic mass is 16.5. The molecule has 7 nitrogen and oxygen atoms in total. The molecule has 1 aromatic heterocycles. The SMILES string of the molecule is CCOC(=O)CN(C)C(=O)c1n[nH]c(C2CC2)c1N. The number of rotatable bonds is 5. The Morgan fingerprint density at radius 3 is 2.79 bits per heavy atom. The van der Waals surface area contributed by atoms with Gasteiger partial charge in [-0.3, -0.25) is 14.7 Å². The van der Waals surface area contributed by atoms with Gasteiger partial charge in [-0.1, -0.05) is 0 Å². The standard InChI is InChI=1S/C12H18N4O3/c1-3-19-8(17)6-16(2)12(18)11-9(13)10(14-15-11)7-4-5-7/h7H,3-6,13H2,1-2H3,(H,14,15). The van der Waals surface area contributed by atoms with Crippen LogP contribution in [0, 0.1) is 0 Å². The van der Waals surface area contributed by atoms with E-state index in [4.69, 9.17) is 10.5 Å². The van der Waals surface area contributed by atoms with E-state index in [1.54, 1.807) is 6.92 Å². The van der Waals surface area contributed by atoms with Gasteiger partial charge in [0.1, 0.15) is 6.54 Å². The smallest absolute Gasteiger partial charge is 0.325 e. The number of carbonyl (C=O) groups is 2. The van der Waals surface area contributed by atoms with Crippen molar-refractivity contribution in [2.75, 3.05) is 25.9 Å². The van der Waals surface area contributed by atoms with Crippen molar-refractivity contribution in [2.45, 2.75) is 25.7 Å². The first kappa shape index (κ1) is 13.4. The number of nitrogens with one attached hydrogen (secondary N) is 1. The summed E-state index contributed by atoms with van der Waals surface area (Å²) in [6.07, 6.45) is 2.14. The number of amides is 1. The van der Waals surface area contributed by atoms with Crippen LogP contribution in [0.25, 0.3) is 0 Å². The number of hydrogen-bond acceptors (Lipinski definition) is 5. The van der Waals surface area contributed by atoms with Gasteiger partial charge >= 0.3 is 5.97 Å². The maximum atomic E-state index is 12.1. The average molecular weight is 266 g/mol. The van der Waals surface area contributed by atoms with Crippen LogP contribution in [0.5, 0.6) is 0 Å². The zero-order valence-corrected chi connectivity index (χ0v) is 11.1. The highest BCUT2D eigenvalue weighted by Gasteiger charge is 2.31.